The Balaban J connectivity index is 2.12. The fourth-order valence-electron chi connectivity index (χ4n) is 1.72. The van der Waals surface area contributed by atoms with E-state index in [2.05, 4.69) is 22.3 Å². The molecule has 2 heterocycles. The number of nitrogens with one attached hydrogen (secondary N) is 1. The molecule has 2 rings (SSSR count). The molecule has 0 saturated heterocycles. The molecule has 0 aliphatic rings. The lowest BCUT2D eigenvalue weighted by Crippen LogP contribution is -2.09. The number of aliphatic hydroxyl groups is 1. The summed E-state index contributed by atoms with van der Waals surface area (Å²) >= 11 is 1.32. The highest BCUT2D eigenvalue weighted by atomic mass is 32.1. The summed E-state index contributed by atoms with van der Waals surface area (Å²) in [4.78, 5) is 13.6. The average Bonchev–Trinajstić information content (AvgIpc) is 3.03. The van der Waals surface area contributed by atoms with Gasteiger partial charge in [-0.1, -0.05) is 11.8 Å². The van der Waals surface area contributed by atoms with Crippen molar-refractivity contribution in [3.05, 3.63) is 33.8 Å². The van der Waals surface area contributed by atoms with Crippen LogP contribution in [0.25, 0.3) is 0 Å². The lowest BCUT2D eigenvalue weighted by atomic mass is 10.2. The molecule has 0 bridgehead atoms. The minimum atomic E-state index is -0.187. The van der Waals surface area contributed by atoms with Gasteiger partial charge in [-0.2, -0.15) is 5.10 Å². The maximum absolute atomic E-state index is 12.2. The first-order valence-corrected chi connectivity index (χ1v) is 7.38. The third kappa shape index (κ3) is 3.72. The third-order valence-corrected chi connectivity index (χ3v) is 3.96. The van der Waals surface area contributed by atoms with E-state index in [0.717, 1.165) is 10.4 Å². The van der Waals surface area contributed by atoms with E-state index in [1.54, 1.807) is 23.1 Å². The predicted molar refractivity (Wildman–Crippen MR) is 83.6 cm³/mol. The van der Waals surface area contributed by atoms with E-state index in [0.29, 0.717) is 10.6 Å². The molecule has 5 nitrogen and oxygen atoms in total. The third-order valence-electron chi connectivity index (χ3n) is 2.81. The van der Waals surface area contributed by atoms with Crippen molar-refractivity contribution in [1.29, 1.82) is 0 Å². The van der Waals surface area contributed by atoms with Crippen molar-refractivity contribution in [2.24, 2.45) is 0 Å². The Labute approximate surface area is 127 Å². The Hall–Kier alpha value is -2.10. The Morgan fingerprint density at radius 1 is 1.57 bits per heavy atom. The molecule has 110 valence electrons. The van der Waals surface area contributed by atoms with Crippen molar-refractivity contribution >= 4 is 22.9 Å². The van der Waals surface area contributed by atoms with Crippen molar-refractivity contribution < 1.29 is 9.90 Å². The number of carbonyl (C=O) groups is 1. The first kappa shape index (κ1) is 15.3. The Kier molecular flexibility index (Phi) is 4.78. The molecule has 0 fully saturated rings. The second kappa shape index (κ2) is 6.57. The maximum atomic E-state index is 12.2. The van der Waals surface area contributed by atoms with Crippen LogP contribution in [0.5, 0.6) is 0 Å². The molecule has 0 aliphatic carbocycles. The molecule has 21 heavy (non-hydrogen) atoms. The SMILES string of the molecule is Cc1cc(C(=O)Nc2cnn(C(C)C)c2)sc1C#CCO. The van der Waals surface area contributed by atoms with E-state index in [-0.39, 0.29) is 18.6 Å². The van der Waals surface area contributed by atoms with E-state index in [4.69, 9.17) is 5.11 Å². The van der Waals surface area contributed by atoms with Crippen molar-refractivity contribution in [3.8, 4) is 11.8 Å². The highest BCUT2D eigenvalue weighted by Gasteiger charge is 2.13. The zero-order valence-electron chi connectivity index (χ0n) is 12.2. The molecule has 0 unspecified atom stereocenters. The number of rotatable bonds is 3. The Morgan fingerprint density at radius 2 is 2.33 bits per heavy atom. The van der Waals surface area contributed by atoms with Gasteiger partial charge in [0.1, 0.15) is 6.61 Å². The van der Waals surface area contributed by atoms with Crippen molar-refractivity contribution in [1.82, 2.24) is 9.78 Å². The summed E-state index contributed by atoms with van der Waals surface area (Å²) < 4.78 is 1.79. The zero-order chi connectivity index (χ0) is 15.4. The largest absolute Gasteiger partial charge is 0.384 e. The standard InChI is InChI=1S/C15H17N3O2S/c1-10(2)18-9-12(8-16-18)17-15(20)14-7-11(3)13(21-14)5-4-6-19/h7-10,19H,6H2,1-3H3,(H,17,20). The summed E-state index contributed by atoms with van der Waals surface area (Å²) in [6.07, 6.45) is 3.43. The molecule has 2 aromatic heterocycles. The van der Waals surface area contributed by atoms with Crippen LogP contribution in [0.2, 0.25) is 0 Å². The van der Waals surface area contributed by atoms with Gasteiger partial charge in [0.25, 0.3) is 5.91 Å². The molecule has 2 aromatic rings. The predicted octanol–water partition coefficient (Wildman–Crippen LogP) is 2.43. The molecular weight excluding hydrogens is 286 g/mol. The van der Waals surface area contributed by atoms with Gasteiger partial charge in [0.15, 0.2) is 0 Å². The average molecular weight is 303 g/mol. The van der Waals surface area contributed by atoms with Crippen LogP contribution in [-0.2, 0) is 0 Å². The van der Waals surface area contributed by atoms with Gasteiger partial charge >= 0.3 is 0 Å². The minimum absolute atomic E-state index is 0.177. The Morgan fingerprint density at radius 3 is 2.95 bits per heavy atom. The number of nitrogens with zero attached hydrogens (tertiary/aromatic N) is 2. The molecule has 2 N–H and O–H groups in total. The number of anilines is 1. The highest BCUT2D eigenvalue weighted by molar-refractivity contribution is 7.14. The van der Waals surface area contributed by atoms with Crippen LogP contribution in [0.15, 0.2) is 18.5 Å². The summed E-state index contributed by atoms with van der Waals surface area (Å²) in [5.74, 6) is 5.26. The van der Waals surface area contributed by atoms with Crippen LogP contribution in [0.1, 0.15) is 40.0 Å². The number of thiophene rings is 1. The number of aliphatic hydroxyl groups excluding tert-OH is 1. The maximum Gasteiger partial charge on any atom is 0.265 e. The molecule has 0 aromatic carbocycles. The quantitative estimate of drug-likeness (QED) is 0.856. The highest BCUT2D eigenvalue weighted by Crippen LogP contribution is 2.22. The van der Waals surface area contributed by atoms with Crippen LogP contribution < -0.4 is 5.32 Å². The second-order valence-corrected chi connectivity index (χ2v) is 5.89. The monoisotopic (exact) mass is 303 g/mol. The van der Waals surface area contributed by atoms with Gasteiger partial charge in [-0.3, -0.25) is 9.48 Å². The first-order chi connectivity index (χ1) is 10.0. The van der Waals surface area contributed by atoms with Crippen LogP contribution >= 0.6 is 11.3 Å². The zero-order valence-corrected chi connectivity index (χ0v) is 13.0. The number of hydrogen-bond acceptors (Lipinski definition) is 4. The van der Waals surface area contributed by atoms with Crippen LogP contribution in [0, 0.1) is 18.8 Å². The van der Waals surface area contributed by atoms with Crippen LogP contribution in [-0.4, -0.2) is 27.4 Å². The normalized spacial score (nSPS) is 10.3. The first-order valence-electron chi connectivity index (χ1n) is 6.57. The van der Waals surface area contributed by atoms with E-state index < -0.39 is 0 Å². The van der Waals surface area contributed by atoms with Crippen molar-refractivity contribution in [2.45, 2.75) is 26.8 Å². The Bertz CT molecular complexity index is 704. The summed E-state index contributed by atoms with van der Waals surface area (Å²) in [5.41, 5.74) is 1.60. The van der Waals surface area contributed by atoms with Gasteiger partial charge in [-0.05, 0) is 32.4 Å². The van der Waals surface area contributed by atoms with Gasteiger partial charge in [0.2, 0.25) is 0 Å². The van der Waals surface area contributed by atoms with Crippen molar-refractivity contribution in [2.75, 3.05) is 11.9 Å². The number of hydrogen-bond donors (Lipinski definition) is 2. The second-order valence-electron chi connectivity index (χ2n) is 4.84. The number of carbonyl (C=O) groups excluding carboxylic acids is 1. The van der Waals surface area contributed by atoms with E-state index >= 15 is 0 Å². The molecule has 0 saturated carbocycles. The number of amides is 1. The van der Waals surface area contributed by atoms with E-state index in [9.17, 15) is 4.79 Å². The lowest BCUT2D eigenvalue weighted by Gasteiger charge is -2.03. The summed E-state index contributed by atoms with van der Waals surface area (Å²) in [5, 5.41) is 15.7. The van der Waals surface area contributed by atoms with E-state index in [1.165, 1.54) is 11.3 Å². The van der Waals surface area contributed by atoms with Crippen molar-refractivity contribution in [3.63, 3.8) is 0 Å². The van der Waals surface area contributed by atoms with Gasteiger partial charge in [-0.15, -0.1) is 11.3 Å². The fourth-order valence-corrected chi connectivity index (χ4v) is 2.66. The molecule has 0 atom stereocenters. The molecule has 0 radical (unpaired) electrons. The summed E-state index contributed by atoms with van der Waals surface area (Å²) in [7, 11) is 0. The molecule has 0 spiro atoms. The molecular formula is C15H17N3O2S. The van der Waals surface area contributed by atoms with Gasteiger partial charge in [-0.25, -0.2) is 0 Å². The molecule has 6 heteroatoms. The summed E-state index contributed by atoms with van der Waals surface area (Å²) in [6.45, 7) is 5.75. The number of aryl methyl sites for hydroxylation is 1. The fraction of sp³-hybridized carbons (Fsp3) is 0.333. The lowest BCUT2D eigenvalue weighted by molar-refractivity contribution is 0.103. The van der Waals surface area contributed by atoms with Crippen LogP contribution in [0.3, 0.4) is 0 Å². The minimum Gasteiger partial charge on any atom is -0.384 e. The van der Waals surface area contributed by atoms with Gasteiger partial charge < -0.3 is 10.4 Å². The van der Waals surface area contributed by atoms with Gasteiger partial charge in [0.05, 0.1) is 21.6 Å². The van der Waals surface area contributed by atoms with Gasteiger partial charge in [0, 0.05) is 12.2 Å². The smallest absolute Gasteiger partial charge is 0.265 e. The molecule has 1 amide bonds. The topological polar surface area (TPSA) is 67.2 Å². The molecule has 0 aliphatic heterocycles. The van der Waals surface area contributed by atoms with Crippen LogP contribution in [0.4, 0.5) is 5.69 Å². The number of aromatic nitrogens is 2. The summed E-state index contributed by atoms with van der Waals surface area (Å²) in [6, 6.07) is 2.05. The van der Waals surface area contributed by atoms with E-state index in [1.807, 2.05) is 20.8 Å².